The predicted octanol–water partition coefficient (Wildman–Crippen LogP) is 3.10. The highest BCUT2D eigenvalue weighted by molar-refractivity contribution is 5.77. The highest BCUT2D eigenvalue weighted by atomic mass is 16.5. The van der Waals surface area contributed by atoms with Crippen LogP contribution in [0.3, 0.4) is 0 Å². The lowest BCUT2D eigenvalue weighted by Gasteiger charge is -2.06. The third kappa shape index (κ3) is 8.48. The SMILES string of the molecule is CCCCCCCCOCc1ccc(CC(=O)NN)cc1. The zero-order valence-corrected chi connectivity index (χ0v) is 13.1. The van der Waals surface area contributed by atoms with Gasteiger partial charge in [0.05, 0.1) is 13.0 Å². The van der Waals surface area contributed by atoms with Crippen molar-refractivity contribution in [2.75, 3.05) is 6.61 Å². The van der Waals surface area contributed by atoms with Gasteiger partial charge in [0.25, 0.3) is 0 Å². The molecule has 0 unspecified atom stereocenters. The summed E-state index contributed by atoms with van der Waals surface area (Å²) in [5, 5.41) is 0. The summed E-state index contributed by atoms with van der Waals surface area (Å²) in [6, 6.07) is 7.89. The van der Waals surface area contributed by atoms with Crippen LogP contribution >= 0.6 is 0 Å². The van der Waals surface area contributed by atoms with Gasteiger partial charge in [-0.05, 0) is 17.5 Å². The average molecular weight is 292 g/mol. The monoisotopic (exact) mass is 292 g/mol. The van der Waals surface area contributed by atoms with Crippen molar-refractivity contribution in [1.82, 2.24) is 5.43 Å². The molecule has 0 atom stereocenters. The van der Waals surface area contributed by atoms with Crippen LogP contribution in [0.2, 0.25) is 0 Å². The van der Waals surface area contributed by atoms with E-state index >= 15 is 0 Å². The third-order valence-corrected chi connectivity index (χ3v) is 3.46. The fourth-order valence-corrected chi connectivity index (χ4v) is 2.16. The van der Waals surface area contributed by atoms with Crippen LogP contribution in [-0.2, 0) is 22.6 Å². The number of hydrogen-bond acceptors (Lipinski definition) is 3. The largest absolute Gasteiger partial charge is 0.377 e. The van der Waals surface area contributed by atoms with Crippen molar-refractivity contribution in [3.8, 4) is 0 Å². The summed E-state index contributed by atoms with van der Waals surface area (Å²) in [6.07, 6.45) is 8.00. The van der Waals surface area contributed by atoms with Gasteiger partial charge in [0.1, 0.15) is 0 Å². The van der Waals surface area contributed by atoms with Crippen LogP contribution in [0.25, 0.3) is 0 Å². The number of nitrogens with one attached hydrogen (secondary N) is 1. The molecule has 0 aromatic heterocycles. The van der Waals surface area contributed by atoms with Gasteiger partial charge in [0.15, 0.2) is 0 Å². The molecular formula is C17H28N2O2. The van der Waals surface area contributed by atoms with Gasteiger partial charge in [-0.15, -0.1) is 0 Å². The van der Waals surface area contributed by atoms with E-state index in [0.29, 0.717) is 13.0 Å². The number of rotatable bonds is 11. The molecule has 0 fully saturated rings. The first kappa shape index (κ1) is 17.7. The summed E-state index contributed by atoms with van der Waals surface area (Å²) in [5.41, 5.74) is 4.22. The van der Waals surface area contributed by atoms with Crippen LogP contribution in [-0.4, -0.2) is 12.5 Å². The van der Waals surface area contributed by atoms with Gasteiger partial charge in [-0.2, -0.15) is 0 Å². The number of carbonyl (C=O) groups excluding carboxylic acids is 1. The molecule has 4 nitrogen and oxygen atoms in total. The van der Waals surface area contributed by atoms with E-state index in [4.69, 9.17) is 10.6 Å². The van der Waals surface area contributed by atoms with Crippen molar-refractivity contribution in [3.05, 3.63) is 35.4 Å². The van der Waals surface area contributed by atoms with Crippen LogP contribution in [0.5, 0.6) is 0 Å². The maximum absolute atomic E-state index is 11.1. The molecule has 1 aromatic rings. The average Bonchev–Trinajstić information content (AvgIpc) is 2.51. The van der Waals surface area contributed by atoms with Gasteiger partial charge in [-0.25, -0.2) is 5.84 Å². The van der Waals surface area contributed by atoms with E-state index in [-0.39, 0.29) is 5.91 Å². The highest BCUT2D eigenvalue weighted by Crippen LogP contribution is 2.08. The first-order valence-electron chi connectivity index (χ1n) is 7.91. The first-order valence-corrected chi connectivity index (χ1v) is 7.91. The van der Waals surface area contributed by atoms with E-state index in [1.165, 1.54) is 32.1 Å². The molecule has 0 saturated heterocycles. The zero-order chi connectivity index (χ0) is 15.3. The van der Waals surface area contributed by atoms with Crippen molar-refractivity contribution >= 4 is 5.91 Å². The van der Waals surface area contributed by atoms with E-state index in [1.807, 2.05) is 24.3 Å². The van der Waals surface area contributed by atoms with Gasteiger partial charge in [0.2, 0.25) is 5.91 Å². The van der Waals surface area contributed by atoms with Crippen molar-refractivity contribution in [1.29, 1.82) is 0 Å². The molecule has 0 aliphatic carbocycles. The highest BCUT2D eigenvalue weighted by Gasteiger charge is 2.01. The third-order valence-electron chi connectivity index (χ3n) is 3.46. The maximum atomic E-state index is 11.1. The number of ether oxygens (including phenoxy) is 1. The van der Waals surface area contributed by atoms with Crippen molar-refractivity contribution < 1.29 is 9.53 Å². The van der Waals surface area contributed by atoms with E-state index in [2.05, 4.69) is 12.3 Å². The maximum Gasteiger partial charge on any atom is 0.238 e. The minimum Gasteiger partial charge on any atom is -0.377 e. The van der Waals surface area contributed by atoms with Gasteiger partial charge >= 0.3 is 0 Å². The normalized spacial score (nSPS) is 10.6. The summed E-state index contributed by atoms with van der Waals surface area (Å²) < 4.78 is 5.67. The second-order valence-corrected chi connectivity index (χ2v) is 5.38. The number of unbranched alkanes of at least 4 members (excludes halogenated alkanes) is 5. The predicted molar refractivity (Wildman–Crippen MR) is 85.5 cm³/mol. The quantitative estimate of drug-likeness (QED) is 0.285. The molecule has 0 radical (unpaired) electrons. The molecule has 21 heavy (non-hydrogen) atoms. The molecule has 0 heterocycles. The smallest absolute Gasteiger partial charge is 0.238 e. The second-order valence-electron chi connectivity index (χ2n) is 5.38. The standard InChI is InChI=1S/C17H28N2O2/c1-2-3-4-5-6-7-12-21-14-16-10-8-15(9-11-16)13-17(20)19-18/h8-11H,2-7,12-14,18H2,1H3,(H,19,20). The molecule has 118 valence electrons. The van der Waals surface area contributed by atoms with Gasteiger partial charge < -0.3 is 4.74 Å². The Bertz CT molecular complexity index is 390. The molecule has 0 aliphatic heterocycles. The zero-order valence-electron chi connectivity index (χ0n) is 13.1. The Morgan fingerprint density at radius 1 is 1.05 bits per heavy atom. The summed E-state index contributed by atoms with van der Waals surface area (Å²) >= 11 is 0. The molecule has 1 amide bonds. The summed E-state index contributed by atoms with van der Waals surface area (Å²) in [4.78, 5) is 11.1. The molecule has 1 rings (SSSR count). The van der Waals surface area contributed by atoms with E-state index in [9.17, 15) is 4.79 Å². The Morgan fingerprint density at radius 3 is 2.33 bits per heavy atom. The van der Waals surface area contributed by atoms with E-state index in [0.717, 1.165) is 24.2 Å². The molecule has 4 heteroatoms. The number of nitrogens with two attached hydrogens (primary N) is 1. The van der Waals surface area contributed by atoms with E-state index in [1.54, 1.807) is 0 Å². The molecule has 3 N–H and O–H groups in total. The lowest BCUT2D eigenvalue weighted by molar-refractivity contribution is -0.120. The fourth-order valence-electron chi connectivity index (χ4n) is 2.16. The molecule has 0 bridgehead atoms. The lowest BCUT2D eigenvalue weighted by atomic mass is 10.1. The topological polar surface area (TPSA) is 64.3 Å². The van der Waals surface area contributed by atoms with Gasteiger partial charge in [0, 0.05) is 6.61 Å². The minimum atomic E-state index is -0.179. The number of amides is 1. The van der Waals surface area contributed by atoms with Crippen LogP contribution in [0.4, 0.5) is 0 Å². The van der Waals surface area contributed by atoms with Crippen molar-refractivity contribution in [3.63, 3.8) is 0 Å². The Balaban J connectivity index is 2.11. The van der Waals surface area contributed by atoms with Gasteiger partial charge in [-0.3, -0.25) is 10.2 Å². The molecular weight excluding hydrogens is 264 g/mol. The Hall–Kier alpha value is -1.39. The Labute approximate surface area is 128 Å². The summed E-state index contributed by atoms with van der Waals surface area (Å²) in [7, 11) is 0. The Morgan fingerprint density at radius 2 is 1.67 bits per heavy atom. The lowest BCUT2D eigenvalue weighted by Crippen LogP contribution is -2.31. The van der Waals surface area contributed by atoms with Crippen molar-refractivity contribution in [2.24, 2.45) is 5.84 Å². The summed E-state index contributed by atoms with van der Waals surface area (Å²) in [5.74, 6) is 4.88. The number of hydrogen-bond donors (Lipinski definition) is 2. The van der Waals surface area contributed by atoms with Crippen molar-refractivity contribution in [2.45, 2.75) is 58.5 Å². The van der Waals surface area contributed by atoms with Gasteiger partial charge in [-0.1, -0.05) is 63.3 Å². The molecule has 0 saturated carbocycles. The second kappa shape index (κ2) is 11.3. The fraction of sp³-hybridized carbons (Fsp3) is 0.588. The molecule has 0 aliphatic rings. The summed E-state index contributed by atoms with van der Waals surface area (Å²) in [6.45, 7) is 3.69. The van der Waals surface area contributed by atoms with Crippen LogP contribution < -0.4 is 11.3 Å². The van der Waals surface area contributed by atoms with E-state index < -0.39 is 0 Å². The minimum absolute atomic E-state index is 0.179. The molecule has 0 spiro atoms. The Kier molecular flexibility index (Phi) is 9.49. The molecule has 1 aromatic carbocycles. The van der Waals surface area contributed by atoms with Crippen LogP contribution in [0, 0.1) is 0 Å². The number of carbonyl (C=O) groups is 1. The van der Waals surface area contributed by atoms with Crippen LogP contribution in [0.15, 0.2) is 24.3 Å². The van der Waals surface area contributed by atoms with Crippen LogP contribution in [0.1, 0.15) is 56.6 Å². The first-order chi connectivity index (χ1) is 10.3. The number of hydrazine groups is 1. The number of benzene rings is 1.